The summed E-state index contributed by atoms with van der Waals surface area (Å²) in [6, 6.07) is 0. The molecule has 2 saturated heterocycles. The van der Waals surface area contributed by atoms with Gasteiger partial charge in [-0.05, 0) is 32.1 Å². The van der Waals surface area contributed by atoms with Crippen LogP contribution in [0, 0.1) is 5.92 Å². The van der Waals surface area contributed by atoms with Crippen molar-refractivity contribution in [3.63, 3.8) is 0 Å². The highest BCUT2D eigenvalue weighted by molar-refractivity contribution is 5.93. The molecule has 1 aromatic heterocycles. The van der Waals surface area contributed by atoms with Gasteiger partial charge in [0, 0.05) is 64.7 Å². The highest BCUT2D eigenvalue weighted by Crippen LogP contribution is 2.28. The van der Waals surface area contributed by atoms with E-state index in [0.717, 1.165) is 32.1 Å². The minimum atomic E-state index is -0.308. The molecule has 2 fully saturated rings. The Morgan fingerprint density at radius 3 is 2.63 bits per heavy atom. The van der Waals surface area contributed by atoms with E-state index in [1.807, 2.05) is 4.90 Å². The van der Waals surface area contributed by atoms with Crippen molar-refractivity contribution in [1.29, 1.82) is 0 Å². The largest absolute Gasteiger partial charge is 0.385 e. The molecule has 0 saturated carbocycles. The number of ether oxygens (including phenoxy) is 2. The first-order chi connectivity index (χ1) is 13.0. The van der Waals surface area contributed by atoms with E-state index in [9.17, 15) is 9.59 Å². The molecule has 3 heterocycles. The SMILES string of the molecule is COCCC1(NC(=O)C2CCOCC2)CCN(C(=O)c2cnn(C)c2)CC1. The van der Waals surface area contributed by atoms with E-state index in [4.69, 9.17) is 9.47 Å². The second-order valence-electron chi connectivity index (χ2n) is 7.59. The topological polar surface area (TPSA) is 85.7 Å². The van der Waals surface area contributed by atoms with E-state index < -0.39 is 0 Å². The zero-order chi connectivity index (χ0) is 19.3. The Morgan fingerprint density at radius 1 is 1.33 bits per heavy atom. The molecule has 2 amide bonds. The number of hydrogen-bond acceptors (Lipinski definition) is 5. The quantitative estimate of drug-likeness (QED) is 0.797. The van der Waals surface area contributed by atoms with E-state index in [1.54, 1.807) is 31.2 Å². The van der Waals surface area contributed by atoms with Crippen molar-refractivity contribution in [2.24, 2.45) is 13.0 Å². The maximum absolute atomic E-state index is 12.8. The third-order valence-corrected chi connectivity index (χ3v) is 5.72. The van der Waals surface area contributed by atoms with Crippen molar-refractivity contribution < 1.29 is 19.1 Å². The van der Waals surface area contributed by atoms with Crippen LogP contribution in [0.1, 0.15) is 42.5 Å². The lowest BCUT2D eigenvalue weighted by molar-refractivity contribution is -0.130. The first-order valence-corrected chi connectivity index (χ1v) is 9.70. The molecular formula is C19H30N4O4. The summed E-state index contributed by atoms with van der Waals surface area (Å²) in [4.78, 5) is 27.3. The normalized spacial score (nSPS) is 20.4. The van der Waals surface area contributed by atoms with Crippen LogP contribution >= 0.6 is 0 Å². The molecule has 2 aliphatic heterocycles. The number of carbonyl (C=O) groups excluding carboxylic acids is 2. The van der Waals surface area contributed by atoms with E-state index in [1.165, 1.54) is 0 Å². The fourth-order valence-corrected chi connectivity index (χ4v) is 3.91. The Labute approximate surface area is 160 Å². The molecule has 0 atom stereocenters. The van der Waals surface area contributed by atoms with Crippen molar-refractivity contribution in [3.8, 4) is 0 Å². The van der Waals surface area contributed by atoms with Crippen LogP contribution in [0.4, 0.5) is 0 Å². The Kier molecular flexibility index (Phi) is 6.49. The fourth-order valence-electron chi connectivity index (χ4n) is 3.91. The van der Waals surface area contributed by atoms with Crippen LogP contribution < -0.4 is 5.32 Å². The maximum Gasteiger partial charge on any atom is 0.257 e. The molecule has 27 heavy (non-hydrogen) atoms. The average molecular weight is 378 g/mol. The summed E-state index contributed by atoms with van der Waals surface area (Å²) in [7, 11) is 3.48. The molecule has 150 valence electrons. The molecule has 8 heteroatoms. The van der Waals surface area contributed by atoms with Crippen molar-refractivity contribution in [2.75, 3.05) is 40.0 Å². The van der Waals surface area contributed by atoms with Gasteiger partial charge < -0.3 is 19.7 Å². The smallest absolute Gasteiger partial charge is 0.257 e. The van der Waals surface area contributed by atoms with Crippen LogP contribution in [0.5, 0.6) is 0 Å². The van der Waals surface area contributed by atoms with Crippen molar-refractivity contribution >= 4 is 11.8 Å². The second-order valence-corrected chi connectivity index (χ2v) is 7.59. The zero-order valence-electron chi connectivity index (χ0n) is 16.3. The van der Waals surface area contributed by atoms with Gasteiger partial charge in [0.2, 0.25) is 5.91 Å². The number of nitrogens with one attached hydrogen (secondary N) is 1. The Bertz CT molecular complexity index is 646. The first-order valence-electron chi connectivity index (χ1n) is 9.70. The molecule has 0 unspecified atom stereocenters. The molecule has 0 aromatic carbocycles. The second kappa shape index (κ2) is 8.84. The molecule has 0 radical (unpaired) electrons. The third-order valence-electron chi connectivity index (χ3n) is 5.72. The lowest BCUT2D eigenvalue weighted by atomic mass is 9.83. The van der Waals surface area contributed by atoms with Gasteiger partial charge in [-0.1, -0.05) is 0 Å². The summed E-state index contributed by atoms with van der Waals surface area (Å²) in [5.74, 6) is 0.133. The minimum Gasteiger partial charge on any atom is -0.385 e. The van der Waals surface area contributed by atoms with E-state index >= 15 is 0 Å². The van der Waals surface area contributed by atoms with Crippen LogP contribution in [-0.2, 0) is 21.3 Å². The van der Waals surface area contributed by atoms with Crippen LogP contribution in [0.2, 0.25) is 0 Å². The number of rotatable bonds is 6. The van der Waals surface area contributed by atoms with Crippen molar-refractivity contribution in [1.82, 2.24) is 20.0 Å². The predicted octanol–water partition coefficient (Wildman–Crippen LogP) is 0.974. The van der Waals surface area contributed by atoms with Crippen molar-refractivity contribution in [2.45, 2.75) is 37.6 Å². The number of aromatic nitrogens is 2. The van der Waals surface area contributed by atoms with Crippen LogP contribution in [-0.4, -0.2) is 72.1 Å². The number of likely N-dealkylation sites (tertiary alicyclic amines) is 1. The fraction of sp³-hybridized carbons (Fsp3) is 0.737. The van der Waals surface area contributed by atoms with E-state index in [2.05, 4.69) is 10.4 Å². The summed E-state index contributed by atoms with van der Waals surface area (Å²) in [5, 5.41) is 7.39. The molecule has 1 N–H and O–H groups in total. The zero-order valence-corrected chi connectivity index (χ0v) is 16.3. The summed E-state index contributed by atoms with van der Waals surface area (Å²) < 4.78 is 12.3. The standard InChI is InChI=1S/C19H30N4O4/c1-22-14-16(13-20-22)18(25)23-8-5-19(6-9-23,7-12-26-2)21-17(24)15-3-10-27-11-4-15/h13-15H,3-12H2,1-2H3,(H,21,24). The summed E-state index contributed by atoms with van der Waals surface area (Å²) in [5.41, 5.74) is 0.296. The van der Waals surface area contributed by atoms with Gasteiger partial charge in [-0.2, -0.15) is 5.10 Å². The molecule has 3 rings (SSSR count). The number of methoxy groups -OCH3 is 1. The molecular weight excluding hydrogens is 348 g/mol. The lowest BCUT2D eigenvalue weighted by Gasteiger charge is -2.43. The minimum absolute atomic E-state index is 0.000743. The Balaban J connectivity index is 1.62. The summed E-state index contributed by atoms with van der Waals surface area (Å²) in [6.07, 6.45) is 7.11. The van der Waals surface area contributed by atoms with Gasteiger partial charge in [0.15, 0.2) is 0 Å². The Hall–Kier alpha value is -1.93. The lowest BCUT2D eigenvalue weighted by Crippen LogP contribution is -2.58. The van der Waals surface area contributed by atoms with E-state index in [-0.39, 0.29) is 23.3 Å². The molecule has 1 aromatic rings. The molecule has 0 aliphatic carbocycles. The highest BCUT2D eigenvalue weighted by Gasteiger charge is 2.38. The maximum atomic E-state index is 12.8. The van der Waals surface area contributed by atoms with Gasteiger partial charge in [0.05, 0.1) is 11.8 Å². The number of amides is 2. The van der Waals surface area contributed by atoms with Gasteiger partial charge in [-0.15, -0.1) is 0 Å². The molecule has 2 aliphatic rings. The molecule has 0 bridgehead atoms. The third kappa shape index (κ3) is 4.87. The van der Waals surface area contributed by atoms with Crippen LogP contribution in [0.25, 0.3) is 0 Å². The van der Waals surface area contributed by atoms with Crippen LogP contribution in [0.3, 0.4) is 0 Å². The van der Waals surface area contributed by atoms with Gasteiger partial charge >= 0.3 is 0 Å². The van der Waals surface area contributed by atoms with Gasteiger partial charge in [0.1, 0.15) is 0 Å². The number of carbonyl (C=O) groups is 2. The number of aryl methyl sites for hydroxylation is 1. The summed E-state index contributed by atoms with van der Waals surface area (Å²) >= 11 is 0. The monoisotopic (exact) mass is 378 g/mol. The average Bonchev–Trinajstić information content (AvgIpc) is 3.13. The molecule has 8 nitrogen and oxygen atoms in total. The Morgan fingerprint density at radius 2 is 2.04 bits per heavy atom. The number of piperidine rings is 1. The summed E-state index contributed by atoms with van der Waals surface area (Å²) in [6.45, 7) is 3.12. The van der Waals surface area contributed by atoms with Gasteiger partial charge in [-0.25, -0.2) is 0 Å². The van der Waals surface area contributed by atoms with Crippen LogP contribution in [0.15, 0.2) is 12.4 Å². The predicted molar refractivity (Wildman–Crippen MR) is 99.3 cm³/mol. The molecule has 0 spiro atoms. The number of hydrogen-bond donors (Lipinski definition) is 1. The number of nitrogens with zero attached hydrogens (tertiary/aromatic N) is 3. The van der Waals surface area contributed by atoms with Gasteiger partial charge in [0.25, 0.3) is 5.91 Å². The van der Waals surface area contributed by atoms with E-state index in [0.29, 0.717) is 38.5 Å². The van der Waals surface area contributed by atoms with Gasteiger partial charge in [-0.3, -0.25) is 14.3 Å². The van der Waals surface area contributed by atoms with Crippen molar-refractivity contribution in [3.05, 3.63) is 18.0 Å². The first kappa shape index (κ1) is 19.8. The highest BCUT2D eigenvalue weighted by atomic mass is 16.5.